The Bertz CT molecular complexity index is 512. The average molecular weight is 342 g/mol. The molecule has 2 rings (SSSR count). The van der Waals surface area contributed by atoms with Crippen LogP contribution in [0.3, 0.4) is 0 Å². The lowest BCUT2D eigenvalue weighted by atomic mass is 9.98. The van der Waals surface area contributed by atoms with Gasteiger partial charge in [0.05, 0.1) is 0 Å². The highest BCUT2D eigenvalue weighted by Crippen LogP contribution is 2.13. The molecule has 1 nitrogen and oxygen atoms in total. The fourth-order valence-electron chi connectivity index (χ4n) is 2.52. The third-order valence-electron chi connectivity index (χ3n) is 4.15. The highest BCUT2D eigenvalue weighted by atomic mass is 15.0. The van der Waals surface area contributed by atoms with Gasteiger partial charge in [0.1, 0.15) is 0 Å². The van der Waals surface area contributed by atoms with Gasteiger partial charge in [0.15, 0.2) is 0 Å². The van der Waals surface area contributed by atoms with Gasteiger partial charge in [-0.15, -0.1) is 0 Å². The summed E-state index contributed by atoms with van der Waals surface area (Å²) < 4.78 is 0. The lowest BCUT2D eigenvalue weighted by Gasteiger charge is -2.07. The van der Waals surface area contributed by atoms with Crippen molar-refractivity contribution in [3.63, 3.8) is 0 Å². The summed E-state index contributed by atoms with van der Waals surface area (Å²) in [5.74, 6) is 0. The predicted octanol–water partition coefficient (Wildman–Crippen LogP) is 6.46. The summed E-state index contributed by atoms with van der Waals surface area (Å²) >= 11 is 0. The Labute approximate surface area is 157 Å². The molecule has 2 aromatic carbocycles. The molecule has 0 aliphatic carbocycles. The van der Waals surface area contributed by atoms with Crippen LogP contribution in [0.25, 0.3) is 0 Å². The number of unbranched alkanes of at least 4 members (excludes halogenated alkanes) is 1. The van der Waals surface area contributed by atoms with Gasteiger partial charge in [0, 0.05) is 0 Å². The van der Waals surface area contributed by atoms with Crippen LogP contribution in [0, 0.1) is 13.8 Å². The van der Waals surface area contributed by atoms with Gasteiger partial charge in [-0.3, -0.25) is 0 Å². The average Bonchev–Trinajstić information content (AvgIpc) is 2.63. The van der Waals surface area contributed by atoms with Gasteiger partial charge >= 0.3 is 0 Å². The molecule has 0 aliphatic heterocycles. The van der Waals surface area contributed by atoms with Crippen molar-refractivity contribution in [2.24, 2.45) is 0 Å². The topological polar surface area (TPSA) is 3.24 Å². The first-order chi connectivity index (χ1) is 12.0. The molecule has 0 saturated carbocycles. The summed E-state index contributed by atoms with van der Waals surface area (Å²) in [6.45, 7) is 11.8. The minimum Gasteiger partial charge on any atom is -0.309 e. The number of aryl methyl sites for hydroxylation is 4. The molecule has 0 N–H and O–H groups in total. The fourth-order valence-corrected chi connectivity index (χ4v) is 2.52. The molecular formula is C24H39N. The lowest BCUT2D eigenvalue weighted by molar-refractivity contribution is 0.398. The second-order valence-corrected chi connectivity index (χ2v) is 6.51. The van der Waals surface area contributed by atoms with Crippen LogP contribution in [0.1, 0.15) is 55.9 Å². The molecule has 0 amide bonds. The Morgan fingerprint density at radius 3 is 1.40 bits per heavy atom. The van der Waals surface area contributed by atoms with E-state index in [0.717, 1.165) is 12.8 Å². The summed E-state index contributed by atoms with van der Waals surface area (Å²) in [6, 6.07) is 17.3. The van der Waals surface area contributed by atoms with Gasteiger partial charge in [-0.05, 0) is 76.0 Å². The Hall–Kier alpha value is -1.60. The molecule has 0 fully saturated rings. The van der Waals surface area contributed by atoms with Crippen molar-refractivity contribution in [2.75, 3.05) is 20.6 Å². The number of rotatable bonds is 6. The zero-order chi connectivity index (χ0) is 19.1. The Kier molecular flexibility index (Phi) is 13.8. The zero-order valence-electron chi connectivity index (χ0n) is 17.6. The molecule has 0 aromatic heterocycles. The van der Waals surface area contributed by atoms with Crippen molar-refractivity contribution in [2.45, 2.75) is 60.3 Å². The van der Waals surface area contributed by atoms with Crippen LogP contribution in [0.4, 0.5) is 0 Å². The minimum atomic E-state index is 1.14. The van der Waals surface area contributed by atoms with E-state index >= 15 is 0 Å². The van der Waals surface area contributed by atoms with Crippen LogP contribution in [-0.2, 0) is 12.8 Å². The maximum absolute atomic E-state index is 2.23. The monoisotopic (exact) mass is 341 g/mol. The second kappa shape index (κ2) is 14.7. The largest absolute Gasteiger partial charge is 0.309 e. The van der Waals surface area contributed by atoms with E-state index in [2.05, 4.69) is 88.3 Å². The van der Waals surface area contributed by atoms with Gasteiger partial charge in [0.25, 0.3) is 0 Å². The molecule has 0 radical (unpaired) electrons. The number of hydrogen-bond donors (Lipinski definition) is 0. The van der Waals surface area contributed by atoms with E-state index in [1.54, 1.807) is 0 Å². The van der Waals surface area contributed by atoms with Crippen LogP contribution in [0.15, 0.2) is 48.5 Å². The molecule has 1 heteroatoms. The normalized spacial score (nSPS) is 9.76. The third-order valence-corrected chi connectivity index (χ3v) is 4.15. The summed E-state index contributed by atoms with van der Waals surface area (Å²) in [4.78, 5) is 2.21. The van der Waals surface area contributed by atoms with Gasteiger partial charge in [-0.2, -0.15) is 0 Å². The quantitative estimate of drug-likeness (QED) is 0.582. The number of nitrogens with zero attached hydrogens (tertiary/aromatic N) is 1. The van der Waals surface area contributed by atoms with Crippen LogP contribution in [0.2, 0.25) is 0 Å². The highest BCUT2D eigenvalue weighted by Gasteiger charge is 2.00. The van der Waals surface area contributed by atoms with Crippen LogP contribution >= 0.6 is 0 Å². The molecule has 0 aliphatic rings. The Morgan fingerprint density at radius 2 is 1.12 bits per heavy atom. The zero-order valence-corrected chi connectivity index (χ0v) is 17.6. The smallest absolute Gasteiger partial charge is 0.00249 e. The van der Waals surface area contributed by atoms with Crippen molar-refractivity contribution in [3.05, 3.63) is 70.8 Å². The van der Waals surface area contributed by atoms with E-state index in [1.807, 2.05) is 13.8 Å². The van der Waals surface area contributed by atoms with E-state index in [4.69, 9.17) is 0 Å². The molecular weight excluding hydrogens is 302 g/mol. The van der Waals surface area contributed by atoms with Crippen molar-refractivity contribution < 1.29 is 0 Å². The molecule has 0 atom stereocenters. The van der Waals surface area contributed by atoms with Crippen molar-refractivity contribution in [1.82, 2.24) is 4.90 Å². The van der Waals surface area contributed by atoms with Gasteiger partial charge in [-0.25, -0.2) is 0 Å². The molecule has 2 aromatic rings. The molecule has 140 valence electrons. The first kappa shape index (κ1) is 23.4. The van der Waals surface area contributed by atoms with Gasteiger partial charge < -0.3 is 4.90 Å². The van der Waals surface area contributed by atoms with E-state index in [0.29, 0.717) is 0 Å². The van der Waals surface area contributed by atoms with E-state index in [-0.39, 0.29) is 0 Å². The predicted molar refractivity (Wildman–Crippen MR) is 115 cm³/mol. The van der Waals surface area contributed by atoms with Crippen molar-refractivity contribution >= 4 is 0 Å². The number of benzene rings is 2. The molecule has 0 spiro atoms. The first-order valence-electron chi connectivity index (χ1n) is 9.78. The summed E-state index contributed by atoms with van der Waals surface area (Å²) in [5, 5.41) is 0. The lowest BCUT2D eigenvalue weighted by Crippen LogP contribution is -2.12. The molecule has 25 heavy (non-hydrogen) atoms. The fraction of sp³-hybridized carbons (Fsp3) is 0.500. The molecule has 0 heterocycles. The Morgan fingerprint density at radius 1 is 0.720 bits per heavy atom. The third kappa shape index (κ3) is 10.8. The maximum atomic E-state index is 2.23. The van der Waals surface area contributed by atoms with E-state index < -0.39 is 0 Å². The summed E-state index contributed by atoms with van der Waals surface area (Å²) in [5.41, 5.74) is 5.73. The maximum Gasteiger partial charge on any atom is -0.00249 e. The summed E-state index contributed by atoms with van der Waals surface area (Å²) in [6.07, 6.45) is 4.90. The Balaban J connectivity index is 0.000000544. The molecule has 0 bridgehead atoms. The van der Waals surface area contributed by atoms with Crippen LogP contribution < -0.4 is 0 Å². The van der Waals surface area contributed by atoms with Gasteiger partial charge in [0.2, 0.25) is 0 Å². The summed E-state index contributed by atoms with van der Waals surface area (Å²) in [7, 11) is 4.21. The van der Waals surface area contributed by atoms with Crippen LogP contribution in [0.5, 0.6) is 0 Å². The van der Waals surface area contributed by atoms with E-state index in [9.17, 15) is 0 Å². The van der Waals surface area contributed by atoms with Crippen molar-refractivity contribution in [3.8, 4) is 0 Å². The second-order valence-electron chi connectivity index (χ2n) is 6.51. The SMILES string of the molecule is CC.CCCCN(C)C.Cc1ccccc1CCc1ccccc1C. The van der Waals surface area contributed by atoms with Crippen molar-refractivity contribution in [1.29, 1.82) is 0 Å². The van der Waals surface area contributed by atoms with E-state index in [1.165, 1.54) is 41.6 Å². The minimum absolute atomic E-state index is 1.14. The molecule has 0 saturated heterocycles. The number of hydrogen-bond acceptors (Lipinski definition) is 1. The standard InChI is InChI=1S/C16H18.C6H15N.C2H6/c1-13-7-3-5-9-15(13)11-12-16-10-6-4-8-14(16)2;1-4-5-6-7(2)3;1-2/h3-10H,11-12H2,1-2H3;4-6H2,1-3H3;1-2H3. The highest BCUT2D eigenvalue weighted by molar-refractivity contribution is 5.30. The molecule has 0 unspecified atom stereocenters. The van der Waals surface area contributed by atoms with Crippen LogP contribution in [-0.4, -0.2) is 25.5 Å². The first-order valence-corrected chi connectivity index (χ1v) is 9.78. The van der Waals surface area contributed by atoms with Gasteiger partial charge in [-0.1, -0.05) is 75.7 Å².